The number of hydrogen-bond acceptors (Lipinski definition) is 3. The second-order valence-corrected chi connectivity index (χ2v) is 7.00. The molecule has 0 aliphatic rings. The van der Waals surface area contributed by atoms with Crippen molar-refractivity contribution in [2.75, 3.05) is 38.4 Å². The summed E-state index contributed by atoms with van der Waals surface area (Å²) in [6.45, 7) is 4.80. The lowest BCUT2D eigenvalue weighted by molar-refractivity contribution is 0.476. The molecule has 0 atom stereocenters. The number of rotatable bonds is 9. The number of guanidine groups is 1. The van der Waals surface area contributed by atoms with Crippen LogP contribution in [0.1, 0.15) is 25.3 Å². The largest absolute Gasteiger partial charge is 0.357 e. The molecule has 0 saturated carbocycles. The van der Waals surface area contributed by atoms with E-state index < -0.39 is 0 Å². The monoisotopic (exact) mass is 339 g/mol. The maximum atomic E-state index is 4.73. The van der Waals surface area contributed by atoms with Crippen LogP contribution in [0.2, 0.25) is 0 Å². The van der Waals surface area contributed by atoms with Crippen molar-refractivity contribution >= 4 is 29.5 Å². The Morgan fingerprint density at radius 3 is 2.50 bits per heavy atom. The van der Waals surface area contributed by atoms with Crippen LogP contribution in [0.3, 0.4) is 0 Å². The predicted molar refractivity (Wildman–Crippen MR) is 103 cm³/mol. The van der Waals surface area contributed by atoms with Gasteiger partial charge in [0.2, 0.25) is 0 Å². The molecular weight excluding hydrogens is 310 g/mol. The SMILES string of the molecule is CCNC(=NCCCCSC)N(C)Cc1ccc(SC)cc1. The average Bonchev–Trinajstić information content (AvgIpc) is 2.54. The zero-order valence-electron chi connectivity index (χ0n) is 14.3. The minimum atomic E-state index is 0.880. The van der Waals surface area contributed by atoms with Gasteiger partial charge in [0.05, 0.1) is 0 Å². The molecule has 1 aromatic carbocycles. The number of unbranched alkanes of at least 4 members (excludes halogenated alkanes) is 1. The van der Waals surface area contributed by atoms with Crippen LogP contribution in [-0.2, 0) is 6.54 Å². The second-order valence-electron chi connectivity index (χ2n) is 5.14. The van der Waals surface area contributed by atoms with E-state index in [-0.39, 0.29) is 0 Å². The van der Waals surface area contributed by atoms with Gasteiger partial charge in [-0.3, -0.25) is 4.99 Å². The van der Waals surface area contributed by atoms with Gasteiger partial charge in [-0.15, -0.1) is 11.8 Å². The molecule has 124 valence electrons. The molecule has 0 aromatic heterocycles. The number of aliphatic imine (C=N–C) groups is 1. The number of thioether (sulfide) groups is 2. The third-order valence-corrected chi connectivity index (χ3v) is 4.73. The van der Waals surface area contributed by atoms with Crippen LogP contribution in [0.4, 0.5) is 0 Å². The first-order valence-corrected chi connectivity index (χ1v) is 10.4. The van der Waals surface area contributed by atoms with E-state index in [4.69, 9.17) is 4.99 Å². The smallest absolute Gasteiger partial charge is 0.193 e. The topological polar surface area (TPSA) is 27.6 Å². The van der Waals surface area contributed by atoms with Gasteiger partial charge in [0.15, 0.2) is 5.96 Å². The van der Waals surface area contributed by atoms with Crippen LogP contribution < -0.4 is 5.32 Å². The molecule has 0 unspecified atom stereocenters. The van der Waals surface area contributed by atoms with Gasteiger partial charge < -0.3 is 10.2 Å². The van der Waals surface area contributed by atoms with Crippen molar-refractivity contribution in [3.63, 3.8) is 0 Å². The Morgan fingerprint density at radius 1 is 1.18 bits per heavy atom. The minimum Gasteiger partial charge on any atom is -0.357 e. The quantitative estimate of drug-likeness (QED) is 0.319. The Hall–Kier alpha value is -0.810. The number of benzene rings is 1. The fourth-order valence-electron chi connectivity index (χ4n) is 2.09. The summed E-state index contributed by atoms with van der Waals surface area (Å²) in [7, 11) is 2.10. The van der Waals surface area contributed by atoms with Crippen molar-refractivity contribution in [3.8, 4) is 0 Å². The van der Waals surface area contributed by atoms with Gasteiger partial charge in [-0.2, -0.15) is 11.8 Å². The lowest BCUT2D eigenvalue weighted by Gasteiger charge is -2.22. The number of nitrogens with one attached hydrogen (secondary N) is 1. The molecule has 0 spiro atoms. The molecule has 0 saturated heterocycles. The Kier molecular flexibility index (Phi) is 10.2. The van der Waals surface area contributed by atoms with E-state index in [2.05, 4.69) is 61.0 Å². The van der Waals surface area contributed by atoms with Crippen LogP contribution in [-0.4, -0.2) is 49.3 Å². The Bertz CT molecular complexity index is 432. The van der Waals surface area contributed by atoms with Crippen molar-refractivity contribution in [1.82, 2.24) is 10.2 Å². The van der Waals surface area contributed by atoms with Gasteiger partial charge in [-0.05, 0) is 55.7 Å². The number of nitrogens with zero attached hydrogens (tertiary/aromatic N) is 2. The standard InChI is InChI=1S/C17H29N3S2/c1-5-18-17(19-12-6-7-13-21-3)20(2)14-15-8-10-16(22-4)11-9-15/h8-11H,5-7,12-14H2,1-4H3,(H,18,19). The molecule has 1 rings (SSSR count). The normalized spacial score (nSPS) is 11.5. The van der Waals surface area contributed by atoms with Crippen LogP contribution in [0.25, 0.3) is 0 Å². The van der Waals surface area contributed by atoms with Crippen molar-refractivity contribution in [1.29, 1.82) is 0 Å². The molecule has 0 fully saturated rings. The van der Waals surface area contributed by atoms with E-state index in [1.165, 1.54) is 22.6 Å². The third-order valence-electron chi connectivity index (χ3n) is 3.29. The highest BCUT2D eigenvalue weighted by molar-refractivity contribution is 7.98. The maximum Gasteiger partial charge on any atom is 0.193 e. The summed E-state index contributed by atoms with van der Waals surface area (Å²) in [5.41, 5.74) is 1.31. The second kappa shape index (κ2) is 11.7. The van der Waals surface area contributed by atoms with Gasteiger partial charge in [-0.25, -0.2) is 0 Å². The summed E-state index contributed by atoms with van der Waals surface area (Å²) in [5, 5.41) is 3.38. The summed E-state index contributed by atoms with van der Waals surface area (Å²) in [6.07, 6.45) is 6.66. The molecule has 0 heterocycles. The summed E-state index contributed by atoms with van der Waals surface area (Å²) >= 11 is 3.68. The van der Waals surface area contributed by atoms with Crippen molar-refractivity contribution in [2.45, 2.75) is 31.2 Å². The Balaban J connectivity index is 2.55. The van der Waals surface area contributed by atoms with E-state index in [0.29, 0.717) is 0 Å². The molecule has 22 heavy (non-hydrogen) atoms. The lowest BCUT2D eigenvalue weighted by Crippen LogP contribution is -2.38. The first kappa shape index (κ1) is 19.2. The third kappa shape index (κ3) is 7.45. The van der Waals surface area contributed by atoms with Crippen LogP contribution >= 0.6 is 23.5 Å². The first-order chi connectivity index (χ1) is 10.7. The van der Waals surface area contributed by atoms with Crippen molar-refractivity contribution in [2.24, 2.45) is 4.99 Å². The molecule has 3 nitrogen and oxygen atoms in total. The molecule has 5 heteroatoms. The van der Waals surface area contributed by atoms with Gasteiger partial charge >= 0.3 is 0 Å². The van der Waals surface area contributed by atoms with E-state index in [1.54, 1.807) is 11.8 Å². The fraction of sp³-hybridized carbons (Fsp3) is 0.588. The molecule has 0 amide bonds. The van der Waals surface area contributed by atoms with Gasteiger partial charge in [0, 0.05) is 31.6 Å². The molecule has 1 N–H and O–H groups in total. The average molecular weight is 340 g/mol. The highest BCUT2D eigenvalue weighted by Crippen LogP contribution is 2.15. The Morgan fingerprint density at radius 2 is 1.91 bits per heavy atom. The highest BCUT2D eigenvalue weighted by atomic mass is 32.2. The summed E-state index contributed by atoms with van der Waals surface area (Å²) in [5.74, 6) is 2.23. The lowest BCUT2D eigenvalue weighted by atomic mass is 10.2. The van der Waals surface area contributed by atoms with Gasteiger partial charge in [-0.1, -0.05) is 12.1 Å². The molecule has 0 aliphatic carbocycles. The van der Waals surface area contributed by atoms with E-state index in [1.807, 2.05) is 11.8 Å². The van der Waals surface area contributed by atoms with E-state index in [9.17, 15) is 0 Å². The van der Waals surface area contributed by atoms with Gasteiger partial charge in [0.1, 0.15) is 0 Å². The molecule has 0 bridgehead atoms. The zero-order valence-corrected chi connectivity index (χ0v) is 15.9. The number of hydrogen-bond donors (Lipinski definition) is 1. The Labute approximate surface area is 144 Å². The fourth-order valence-corrected chi connectivity index (χ4v) is 2.99. The van der Waals surface area contributed by atoms with Crippen molar-refractivity contribution in [3.05, 3.63) is 29.8 Å². The summed E-state index contributed by atoms with van der Waals surface area (Å²) in [6, 6.07) is 8.76. The van der Waals surface area contributed by atoms with Crippen LogP contribution in [0.5, 0.6) is 0 Å². The zero-order chi connectivity index (χ0) is 16.2. The maximum absolute atomic E-state index is 4.73. The molecule has 1 aromatic rings. The van der Waals surface area contributed by atoms with Gasteiger partial charge in [0.25, 0.3) is 0 Å². The predicted octanol–water partition coefficient (Wildman–Crippen LogP) is 3.95. The minimum absolute atomic E-state index is 0.880. The van der Waals surface area contributed by atoms with Crippen LogP contribution in [0, 0.1) is 0 Å². The molecular formula is C17H29N3S2. The summed E-state index contributed by atoms with van der Waals surface area (Å²) in [4.78, 5) is 8.24. The highest BCUT2D eigenvalue weighted by Gasteiger charge is 2.06. The van der Waals surface area contributed by atoms with E-state index in [0.717, 1.165) is 32.0 Å². The van der Waals surface area contributed by atoms with Crippen LogP contribution in [0.15, 0.2) is 34.2 Å². The van der Waals surface area contributed by atoms with E-state index >= 15 is 0 Å². The summed E-state index contributed by atoms with van der Waals surface area (Å²) < 4.78 is 0. The molecule has 0 radical (unpaired) electrons. The van der Waals surface area contributed by atoms with Crippen molar-refractivity contribution < 1.29 is 0 Å². The molecule has 0 aliphatic heterocycles. The first-order valence-electron chi connectivity index (χ1n) is 7.82.